The first-order valence-corrected chi connectivity index (χ1v) is 7.83. The molecule has 0 saturated carbocycles. The van der Waals surface area contributed by atoms with Crippen molar-refractivity contribution in [2.75, 3.05) is 32.8 Å². The lowest BCUT2D eigenvalue weighted by Crippen LogP contribution is -2.51. The largest absolute Gasteiger partial charge is 0.379 e. The monoisotopic (exact) mass is 377 g/mol. The molecule has 2 rings (SSSR count). The van der Waals surface area contributed by atoms with E-state index in [1.54, 1.807) is 13.8 Å². The van der Waals surface area contributed by atoms with Crippen molar-refractivity contribution in [3.05, 3.63) is 35.4 Å². The van der Waals surface area contributed by atoms with Crippen LogP contribution in [0.5, 0.6) is 0 Å². The second kappa shape index (κ2) is 10.2. The van der Waals surface area contributed by atoms with Gasteiger partial charge in [-0.15, -0.1) is 24.8 Å². The van der Waals surface area contributed by atoms with Crippen LogP contribution in [0.15, 0.2) is 24.3 Å². The van der Waals surface area contributed by atoms with Gasteiger partial charge >= 0.3 is 0 Å². The molecule has 1 aromatic carbocycles. The molecule has 0 bridgehead atoms. The molecule has 1 aliphatic heterocycles. The number of rotatable bonds is 5. The summed E-state index contributed by atoms with van der Waals surface area (Å²) in [6.45, 7) is 9.29. The van der Waals surface area contributed by atoms with Crippen LogP contribution in [0.2, 0.25) is 0 Å². The van der Waals surface area contributed by atoms with E-state index < -0.39 is 5.54 Å². The Morgan fingerprint density at radius 3 is 2.29 bits per heavy atom. The average Bonchev–Trinajstić information content (AvgIpc) is 2.49. The third kappa shape index (κ3) is 6.57. The van der Waals surface area contributed by atoms with Gasteiger partial charge in [0.15, 0.2) is 0 Å². The maximum atomic E-state index is 12.1. The highest BCUT2D eigenvalue weighted by atomic mass is 35.5. The number of nitrogens with one attached hydrogen (secondary N) is 1. The van der Waals surface area contributed by atoms with Gasteiger partial charge in [-0.3, -0.25) is 9.69 Å². The van der Waals surface area contributed by atoms with E-state index in [1.165, 1.54) is 11.1 Å². The molecule has 7 heteroatoms. The molecule has 1 aliphatic rings. The standard InChI is InChI=1S/C17H27N3O2.2ClH/c1-13-4-6-14(7-5-13)15(20-8-10-22-11-9-20)12-19-16(21)17(2,3)18;;/h4-7,15H,8-12,18H2,1-3H3,(H,19,21);2*1H. The van der Waals surface area contributed by atoms with Crippen LogP contribution in [0.3, 0.4) is 0 Å². The Morgan fingerprint density at radius 1 is 1.25 bits per heavy atom. The maximum absolute atomic E-state index is 12.1. The number of morpholine rings is 1. The first-order valence-electron chi connectivity index (χ1n) is 7.83. The van der Waals surface area contributed by atoms with Gasteiger partial charge in [0.25, 0.3) is 0 Å². The van der Waals surface area contributed by atoms with Gasteiger partial charge in [0, 0.05) is 19.6 Å². The number of amides is 1. The van der Waals surface area contributed by atoms with Crippen LogP contribution in [0.1, 0.15) is 31.0 Å². The van der Waals surface area contributed by atoms with Crippen molar-refractivity contribution in [2.45, 2.75) is 32.4 Å². The van der Waals surface area contributed by atoms with Crippen molar-refractivity contribution in [2.24, 2.45) is 5.73 Å². The molecule has 138 valence electrons. The Hall–Kier alpha value is -0.850. The van der Waals surface area contributed by atoms with Gasteiger partial charge in [-0.25, -0.2) is 0 Å². The predicted octanol–water partition coefficient (Wildman–Crippen LogP) is 2.07. The summed E-state index contributed by atoms with van der Waals surface area (Å²) < 4.78 is 5.44. The topological polar surface area (TPSA) is 67.6 Å². The van der Waals surface area contributed by atoms with E-state index >= 15 is 0 Å². The quantitative estimate of drug-likeness (QED) is 0.823. The van der Waals surface area contributed by atoms with Crippen molar-refractivity contribution in [1.29, 1.82) is 0 Å². The minimum Gasteiger partial charge on any atom is -0.379 e. The molecule has 1 heterocycles. The molecule has 1 amide bonds. The third-order valence-electron chi connectivity index (χ3n) is 3.99. The summed E-state index contributed by atoms with van der Waals surface area (Å²) in [4.78, 5) is 14.4. The van der Waals surface area contributed by atoms with E-state index in [0.29, 0.717) is 6.54 Å². The highest BCUT2D eigenvalue weighted by molar-refractivity contribution is 5.86. The molecule has 0 aromatic heterocycles. The van der Waals surface area contributed by atoms with Crippen molar-refractivity contribution in [1.82, 2.24) is 10.2 Å². The van der Waals surface area contributed by atoms with E-state index in [1.807, 2.05) is 0 Å². The molecule has 1 aromatic rings. The summed E-state index contributed by atoms with van der Waals surface area (Å²) in [6, 6.07) is 8.63. The maximum Gasteiger partial charge on any atom is 0.239 e. The number of nitrogens with zero attached hydrogens (tertiary/aromatic N) is 1. The number of carbonyl (C=O) groups excluding carboxylic acids is 1. The Kier molecular flexibility index (Phi) is 9.85. The Morgan fingerprint density at radius 2 is 1.79 bits per heavy atom. The number of ether oxygens (including phenoxy) is 1. The lowest BCUT2D eigenvalue weighted by Gasteiger charge is -2.35. The smallest absolute Gasteiger partial charge is 0.239 e. The summed E-state index contributed by atoms with van der Waals surface area (Å²) in [5, 5.41) is 2.99. The van der Waals surface area contributed by atoms with Gasteiger partial charge in [0.2, 0.25) is 5.91 Å². The Balaban J connectivity index is 0.00000264. The molecular weight excluding hydrogens is 349 g/mol. The van der Waals surface area contributed by atoms with E-state index in [0.717, 1.165) is 26.3 Å². The fraction of sp³-hybridized carbons (Fsp3) is 0.588. The molecule has 1 fully saturated rings. The highest BCUT2D eigenvalue weighted by Gasteiger charge is 2.26. The summed E-state index contributed by atoms with van der Waals surface area (Å²) >= 11 is 0. The molecule has 1 unspecified atom stereocenters. The number of aryl methyl sites for hydroxylation is 1. The van der Waals surface area contributed by atoms with Crippen LogP contribution in [0.25, 0.3) is 0 Å². The van der Waals surface area contributed by atoms with Crippen LogP contribution < -0.4 is 11.1 Å². The average molecular weight is 378 g/mol. The first-order chi connectivity index (χ1) is 10.4. The normalized spacial score (nSPS) is 16.5. The minimum atomic E-state index is -0.858. The van der Waals surface area contributed by atoms with Gasteiger partial charge in [-0.05, 0) is 26.3 Å². The van der Waals surface area contributed by atoms with E-state index in [4.69, 9.17) is 10.5 Å². The second-order valence-corrected chi connectivity index (χ2v) is 6.51. The molecule has 5 nitrogen and oxygen atoms in total. The van der Waals surface area contributed by atoms with Gasteiger partial charge < -0.3 is 15.8 Å². The minimum absolute atomic E-state index is 0. The zero-order chi connectivity index (χ0) is 16.2. The van der Waals surface area contributed by atoms with Crippen molar-refractivity contribution >= 4 is 30.7 Å². The fourth-order valence-corrected chi connectivity index (χ4v) is 2.55. The number of carbonyl (C=O) groups is 1. The van der Waals surface area contributed by atoms with Gasteiger partial charge in [0.05, 0.1) is 24.8 Å². The number of halogens is 2. The van der Waals surface area contributed by atoms with Crippen molar-refractivity contribution in [3.8, 4) is 0 Å². The van der Waals surface area contributed by atoms with E-state index in [-0.39, 0.29) is 36.8 Å². The lowest BCUT2D eigenvalue weighted by atomic mass is 10.0. The predicted molar refractivity (Wildman–Crippen MR) is 102 cm³/mol. The summed E-state index contributed by atoms with van der Waals surface area (Å²) in [7, 11) is 0. The number of hydrogen-bond acceptors (Lipinski definition) is 4. The number of hydrogen-bond donors (Lipinski definition) is 2. The molecule has 0 aliphatic carbocycles. The zero-order valence-electron chi connectivity index (χ0n) is 14.6. The summed E-state index contributed by atoms with van der Waals surface area (Å²) in [5.41, 5.74) is 7.44. The molecule has 24 heavy (non-hydrogen) atoms. The Labute approximate surface area is 157 Å². The highest BCUT2D eigenvalue weighted by Crippen LogP contribution is 2.22. The molecule has 3 N–H and O–H groups in total. The van der Waals surface area contributed by atoms with Crippen molar-refractivity contribution < 1.29 is 9.53 Å². The van der Waals surface area contributed by atoms with Gasteiger partial charge in [0.1, 0.15) is 0 Å². The van der Waals surface area contributed by atoms with Gasteiger partial charge in [-0.1, -0.05) is 29.8 Å². The first kappa shape index (κ1) is 23.1. The van der Waals surface area contributed by atoms with Gasteiger partial charge in [-0.2, -0.15) is 0 Å². The van der Waals surface area contributed by atoms with Crippen LogP contribution in [0.4, 0.5) is 0 Å². The van der Waals surface area contributed by atoms with Crippen LogP contribution in [-0.4, -0.2) is 49.2 Å². The summed E-state index contributed by atoms with van der Waals surface area (Å²) in [6.07, 6.45) is 0. The Bertz CT molecular complexity index is 498. The molecular formula is C17H29Cl2N3O2. The van der Waals surface area contributed by atoms with Crippen molar-refractivity contribution in [3.63, 3.8) is 0 Å². The van der Waals surface area contributed by atoms with E-state index in [9.17, 15) is 4.79 Å². The zero-order valence-corrected chi connectivity index (χ0v) is 16.2. The summed E-state index contributed by atoms with van der Waals surface area (Å²) in [5.74, 6) is -0.127. The third-order valence-corrected chi connectivity index (χ3v) is 3.99. The molecule has 1 atom stereocenters. The van der Waals surface area contributed by atoms with E-state index in [2.05, 4.69) is 41.4 Å². The molecule has 0 spiro atoms. The lowest BCUT2D eigenvalue weighted by molar-refractivity contribution is -0.125. The van der Waals surface area contributed by atoms with Crippen LogP contribution >= 0.6 is 24.8 Å². The fourth-order valence-electron chi connectivity index (χ4n) is 2.55. The SMILES string of the molecule is Cc1ccc(C(CNC(=O)C(C)(C)N)N2CCOCC2)cc1.Cl.Cl. The molecule has 1 saturated heterocycles. The number of benzene rings is 1. The van der Waals surface area contributed by atoms with Crippen LogP contribution in [-0.2, 0) is 9.53 Å². The second-order valence-electron chi connectivity index (χ2n) is 6.51. The number of nitrogens with two attached hydrogens (primary N) is 1. The van der Waals surface area contributed by atoms with Crippen LogP contribution in [0, 0.1) is 6.92 Å². The molecule has 0 radical (unpaired) electrons.